The van der Waals surface area contributed by atoms with Crippen LogP contribution in [-0.2, 0) is 16.1 Å². The Labute approximate surface area is 134 Å². The van der Waals surface area contributed by atoms with E-state index in [1.54, 1.807) is 17.1 Å². The summed E-state index contributed by atoms with van der Waals surface area (Å²) < 4.78 is 1.77. The average Bonchev–Trinajstić information content (AvgIpc) is 3.12. The molecule has 0 radical (unpaired) electrons. The smallest absolute Gasteiger partial charge is 0.237 e. The van der Waals surface area contributed by atoms with Gasteiger partial charge in [0.15, 0.2) is 0 Å². The number of benzene rings is 1. The molecule has 1 saturated heterocycles. The Balaban J connectivity index is 1.57. The molecule has 2 heterocycles. The lowest BCUT2D eigenvalue weighted by molar-refractivity contribution is -0.122. The first-order valence-electron chi connectivity index (χ1n) is 8.18. The molecule has 1 saturated carbocycles. The van der Waals surface area contributed by atoms with Crippen LogP contribution in [-0.4, -0.2) is 21.6 Å². The minimum absolute atomic E-state index is 0.0426. The minimum atomic E-state index is -0.117. The van der Waals surface area contributed by atoms with Crippen LogP contribution >= 0.6 is 0 Å². The molecule has 5 nitrogen and oxygen atoms in total. The summed E-state index contributed by atoms with van der Waals surface area (Å²) >= 11 is 0. The average molecular weight is 309 g/mol. The maximum absolute atomic E-state index is 12.6. The number of fused-ring (bicyclic) bond motifs is 1. The SMILES string of the molecule is O=C1C2CCCCC2C(=O)N1c1cnn(Cc2ccccc2)c1. The van der Waals surface area contributed by atoms with Crippen molar-refractivity contribution in [2.75, 3.05) is 4.90 Å². The number of anilines is 1. The Morgan fingerprint density at radius 2 is 1.65 bits per heavy atom. The predicted molar refractivity (Wildman–Crippen MR) is 85.7 cm³/mol. The third kappa shape index (κ3) is 2.46. The molecule has 2 fully saturated rings. The predicted octanol–water partition coefficient (Wildman–Crippen LogP) is 2.61. The summed E-state index contributed by atoms with van der Waals surface area (Å²) in [4.78, 5) is 26.5. The van der Waals surface area contributed by atoms with Crippen molar-refractivity contribution in [2.45, 2.75) is 32.2 Å². The first-order chi connectivity index (χ1) is 11.2. The molecule has 2 unspecified atom stereocenters. The summed E-state index contributed by atoms with van der Waals surface area (Å²) in [5.41, 5.74) is 1.74. The van der Waals surface area contributed by atoms with Gasteiger partial charge >= 0.3 is 0 Å². The van der Waals surface area contributed by atoms with Crippen LogP contribution in [0, 0.1) is 11.8 Å². The zero-order valence-corrected chi connectivity index (χ0v) is 12.9. The third-order valence-corrected chi connectivity index (χ3v) is 4.91. The van der Waals surface area contributed by atoms with Crippen LogP contribution in [0.2, 0.25) is 0 Å². The Morgan fingerprint density at radius 1 is 1.00 bits per heavy atom. The number of imide groups is 1. The Kier molecular flexibility index (Phi) is 3.48. The van der Waals surface area contributed by atoms with Crippen molar-refractivity contribution in [2.24, 2.45) is 11.8 Å². The van der Waals surface area contributed by atoms with Gasteiger partial charge in [0, 0.05) is 6.20 Å². The molecule has 1 aromatic heterocycles. The second-order valence-electron chi connectivity index (χ2n) is 6.39. The number of carbonyl (C=O) groups is 2. The van der Waals surface area contributed by atoms with E-state index < -0.39 is 0 Å². The van der Waals surface area contributed by atoms with Gasteiger partial charge in [0.2, 0.25) is 11.8 Å². The number of nitrogens with zero attached hydrogens (tertiary/aromatic N) is 3. The highest BCUT2D eigenvalue weighted by Crippen LogP contribution is 2.39. The summed E-state index contributed by atoms with van der Waals surface area (Å²) in [6.07, 6.45) is 7.17. The van der Waals surface area contributed by atoms with Crippen molar-refractivity contribution in [3.8, 4) is 0 Å². The van der Waals surface area contributed by atoms with Gasteiger partial charge in [-0.3, -0.25) is 14.3 Å². The largest absolute Gasteiger partial charge is 0.274 e. The third-order valence-electron chi connectivity index (χ3n) is 4.91. The molecule has 1 aliphatic heterocycles. The van der Waals surface area contributed by atoms with Gasteiger partial charge in [-0.15, -0.1) is 0 Å². The van der Waals surface area contributed by atoms with Crippen LogP contribution in [0.5, 0.6) is 0 Å². The van der Waals surface area contributed by atoms with Crippen molar-refractivity contribution in [1.82, 2.24) is 9.78 Å². The highest BCUT2D eigenvalue weighted by atomic mass is 16.2. The van der Waals surface area contributed by atoms with Crippen LogP contribution < -0.4 is 4.90 Å². The number of hydrogen-bond acceptors (Lipinski definition) is 3. The summed E-state index contributed by atoms with van der Waals surface area (Å²) in [5.74, 6) is -0.319. The van der Waals surface area contributed by atoms with E-state index in [0.29, 0.717) is 12.2 Å². The molecule has 4 rings (SSSR count). The molecule has 23 heavy (non-hydrogen) atoms. The molecule has 2 aliphatic rings. The maximum Gasteiger partial charge on any atom is 0.237 e. The first kappa shape index (κ1) is 14.2. The fourth-order valence-electron chi connectivity index (χ4n) is 3.74. The zero-order chi connectivity index (χ0) is 15.8. The quantitative estimate of drug-likeness (QED) is 0.819. The molecule has 1 aromatic carbocycles. The zero-order valence-electron chi connectivity index (χ0n) is 12.9. The molecule has 0 N–H and O–H groups in total. The summed E-state index contributed by atoms with van der Waals surface area (Å²) in [5, 5.41) is 4.31. The number of carbonyl (C=O) groups excluding carboxylic acids is 2. The van der Waals surface area contributed by atoms with Crippen molar-refractivity contribution in [3.05, 3.63) is 48.3 Å². The van der Waals surface area contributed by atoms with Crippen LogP contribution in [0.3, 0.4) is 0 Å². The fraction of sp³-hybridized carbons (Fsp3) is 0.389. The van der Waals surface area contributed by atoms with E-state index in [1.165, 1.54) is 4.90 Å². The first-order valence-corrected chi connectivity index (χ1v) is 8.18. The van der Waals surface area contributed by atoms with Gasteiger partial charge in [-0.1, -0.05) is 43.2 Å². The van der Waals surface area contributed by atoms with Crippen LogP contribution in [0.1, 0.15) is 31.2 Å². The van der Waals surface area contributed by atoms with E-state index in [0.717, 1.165) is 31.2 Å². The standard InChI is InChI=1S/C18H19N3O2/c22-17-15-8-4-5-9-16(15)18(23)21(17)14-10-19-20(12-14)11-13-6-2-1-3-7-13/h1-3,6-7,10,12,15-16H,4-5,8-9,11H2. The minimum Gasteiger partial charge on any atom is -0.274 e. The van der Waals surface area contributed by atoms with E-state index in [4.69, 9.17) is 0 Å². The van der Waals surface area contributed by atoms with E-state index >= 15 is 0 Å². The Hall–Kier alpha value is -2.43. The molecular formula is C18H19N3O2. The van der Waals surface area contributed by atoms with Gasteiger partial charge in [0.05, 0.1) is 30.3 Å². The molecule has 2 amide bonds. The number of rotatable bonds is 3. The Bertz CT molecular complexity index is 714. The van der Waals surface area contributed by atoms with Gasteiger partial charge in [-0.2, -0.15) is 5.10 Å². The van der Waals surface area contributed by atoms with E-state index in [9.17, 15) is 9.59 Å². The lowest BCUT2D eigenvalue weighted by Gasteiger charge is -2.19. The van der Waals surface area contributed by atoms with Crippen molar-refractivity contribution in [1.29, 1.82) is 0 Å². The van der Waals surface area contributed by atoms with Gasteiger partial charge in [-0.05, 0) is 18.4 Å². The second-order valence-corrected chi connectivity index (χ2v) is 6.39. The van der Waals surface area contributed by atoms with E-state index in [2.05, 4.69) is 5.10 Å². The van der Waals surface area contributed by atoms with Crippen LogP contribution in [0.4, 0.5) is 5.69 Å². The summed E-state index contributed by atoms with van der Waals surface area (Å²) in [6.45, 7) is 0.629. The monoisotopic (exact) mass is 309 g/mol. The topological polar surface area (TPSA) is 55.2 Å². The highest BCUT2D eigenvalue weighted by molar-refractivity contribution is 6.21. The maximum atomic E-state index is 12.6. The molecule has 2 atom stereocenters. The molecule has 5 heteroatoms. The van der Waals surface area contributed by atoms with Crippen LogP contribution in [0.15, 0.2) is 42.7 Å². The van der Waals surface area contributed by atoms with Crippen molar-refractivity contribution >= 4 is 17.5 Å². The number of hydrogen-bond donors (Lipinski definition) is 0. The second kappa shape index (κ2) is 5.65. The van der Waals surface area contributed by atoms with Gasteiger partial charge < -0.3 is 0 Å². The number of aromatic nitrogens is 2. The van der Waals surface area contributed by atoms with Crippen LogP contribution in [0.25, 0.3) is 0 Å². The van der Waals surface area contributed by atoms with Crippen molar-refractivity contribution in [3.63, 3.8) is 0 Å². The van der Waals surface area contributed by atoms with Gasteiger partial charge in [-0.25, -0.2) is 4.90 Å². The summed E-state index contributed by atoms with van der Waals surface area (Å²) in [7, 11) is 0. The van der Waals surface area contributed by atoms with E-state index in [-0.39, 0.29) is 23.7 Å². The lowest BCUT2D eigenvalue weighted by atomic mass is 9.81. The lowest BCUT2D eigenvalue weighted by Crippen LogP contribution is -2.30. The highest BCUT2D eigenvalue weighted by Gasteiger charge is 2.49. The molecule has 0 bridgehead atoms. The van der Waals surface area contributed by atoms with Gasteiger partial charge in [0.1, 0.15) is 0 Å². The van der Waals surface area contributed by atoms with Gasteiger partial charge in [0.25, 0.3) is 0 Å². The fourth-order valence-corrected chi connectivity index (χ4v) is 3.74. The molecule has 118 valence electrons. The summed E-state index contributed by atoms with van der Waals surface area (Å²) in [6, 6.07) is 10.0. The van der Waals surface area contributed by atoms with E-state index in [1.807, 2.05) is 30.3 Å². The molecule has 1 aliphatic carbocycles. The molecule has 0 spiro atoms. The normalized spacial score (nSPS) is 24.1. The molecular weight excluding hydrogens is 290 g/mol. The van der Waals surface area contributed by atoms with Crippen molar-refractivity contribution < 1.29 is 9.59 Å². The molecule has 2 aromatic rings. The Morgan fingerprint density at radius 3 is 2.30 bits per heavy atom. The number of amides is 2.